The molecule has 1 heteroatoms. The number of anilines is 3. The molecule has 0 atom stereocenters. The highest BCUT2D eigenvalue weighted by atomic mass is 15.1. The first-order chi connectivity index (χ1) is 31.3. The summed E-state index contributed by atoms with van der Waals surface area (Å²) in [5.74, 6) is -0.00875. The fourth-order valence-electron chi connectivity index (χ4n) is 12.0. The van der Waals surface area contributed by atoms with Gasteiger partial charge in [-0.2, -0.15) is 0 Å². The zero-order chi connectivity index (χ0) is 42.9. The van der Waals surface area contributed by atoms with Gasteiger partial charge in [-0.3, -0.25) is 0 Å². The summed E-state index contributed by atoms with van der Waals surface area (Å²) < 4.78 is 0. The number of benzene rings is 11. The molecule has 0 saturated heterocycles. The Bertz CT molecular complexity index is 3570. The maximum atomic E-state index is 2.63. The van der Waals surface area contributed by atoms with Crippen LogP contribution in [0.2, 0.25) is 0 Å². The first-order valence-electron chi connectivity index (χ1n) is 22.8. The van der Waals surface area contributed by atoms with Crippen molar-refractivity contribution < 1.29 is 0 Å². The van der Waals surface area contributed by atoms with Gasteiger partial charge in [-0.05, 0) is 117 Å². The van der Waals surface area contributed by atoms with Gasteiger partial charge < -0.3 is 4.90 Å². The summed E-state index contributed by atoms with van der Waals surface area (Å²) in [5.41, 5.74) is 15.5. The predicted molar refractivity (Wildman–Crippen MR) is 272 cm³/mol. The third-order valence-corrected chi connectivity index (χ3v) is 15.1. The van der Waals surface area contributed by atoms with E-state index in [0.29, 0.717) is 0 Å². The van der Waals surface area contributed by atoms with E-state index < -0.39 is 0 Å². The molecule has 304 valence electrons. The lowest BCUT2D eigenvalue weighted by Crippen LogP contribution is -2.25. The first kappa shape index (κ1) is 37.1. The summed E-state index contributed by atoms with van der Waals surface area (Å²) in [5, 5.41) is 12.8. The Morgan fingerprint density at radius 2 is 0.719 bits per heavy atom. The van der Waals surface area contributed by atoms with Crippen LogP contribution >= 0.6 is 0 Å². The lowest BCUT2D eigenvalue weighted by molar-refractivity contribution is 0.639. The molecule has 2 aliphatic carbocycles. The lowest BCUT2D eigenvalue weighted by atomic mass is 9.67. The van der Waals surface area contributed by atoms with Crippen molar-refractivity contribution in [2.24, 2.45) is 0 Å². The molecule has 0 spiro atoms. The Morgan fingerprint density at radius 1 is 0.328 bits per heavy atom. The van der Waals surface area contributed by atoms with Crippen LogP contribution in [0.5, 0.6) is 0 Å². The van der Waals surface area contributed by atoms with Crippen LogP contribution in [0.4, 0.5) is 17.1 Å². The molecule has 0 radical (unpaired) electrons. The molecule has 0 saturated carbocycles. The van der Waals surface area contributed by atoms with Gasteiger partial charge in [-0.25, -0.2) is 0 Å². The molecule has 0 bridgehead atoms. The second-order valence-corrected chi connectivity index (χ2v) is 19.2. The molecule has 2 aliphatic rings. The minimum atomic E-state index is -0.295. The fourth-order valence-corrected chi connectivity index (χ4v) is 12.0. The molecular formula is C63H47N. The van der Waals surface area contributed by atoms with Gasteiger partial charge in [0.05, 0.1) is 11.4 Å². The average Bonchev–Trinajstić information content (AvgIpc) is 3.56. The predicted octanol–water partition coefficient (Wildman–Crippen LogP) is 17.0. The summed E-state index contributed by atoms with van der Waals surface area (Å²) >= 11 is 0. The Hall–Kier alpha value is -7.48. The Balaban J connectivity index is 1.12. The smallest absolute Gasteiger partial charge is 0.0540 e. The van der Waals surface area contributed by atoms with Crippen molar-refractivity contribution in [3.05, 3.63) is 245 Å². The highest BCUT2D eigenvalue weighted by Gasteiger charge is 2.46. The summed E-state index contributed by atoms with van der Waals surface area (Å²) in [6.45, 7) is 9.89. The van der Waals surface area contributed by atoms with Gasteiger partial charge in [-0.1, -0.05) is 210 Å². The van der Waals surface area contributed by atoms with Crippen molar-refractivity contribution >= 4 is 70.9 Å². The number of hydrogen-bond donors (Lipinski definition) is 0. The molecular weight excluding hydrogens is 771 g/mol. The van der Waals surface area contributed by atoms with Crippen molar-refractivity contribution in [3.63, 3.8) is 0 Å². The van der Waals surface area contributed by atoms with Crippen molar-refractivity contribution in [3.8, 4) is 11.1 Å². The van der Waals surface area contributed by atoms with Crippen LogP contribution in [0.1, 0.15) is 72.6 Å². The molecule has 0 aliphatic heterocycles. The van der Waals surface area contributed by atoms with Crippen LogP contribution in [0.15, 0.2) is 206 Å². The highest BCUT2D eigenvalue weighted by molar-refractivity contribution is 6.12. The quantitative estimate of drug-likeness (QED) is 0.151. The second kappa shape index (κ2) is 13.5. The molecule has 13 rings (SSSR count). The number of hydrogen-bond acceptors (Lipinski definition) is 1. The van der Waals surface area contributed by atoms with E-state index in [1.165, 1.54) is 121 Å². The van der Waals surface area contributed by atoms with Gasteiger partial charge in [0.25, 0.3) is 0 Å². The van der Waals surface area contributed by atoms with Crippen molar-refractivity contribution in [2.45, 2.75) is 44.4 Å². The van der Waals surface area contributed by atoms with Gasteiger partial charge in [0, 0.05) is 33.2 Å². The molecule has 11 aromatic rings. The zero-order valence-corrected chi connectivity index (χ0v) is 36.7. The van der Waals surface area contributed by atoms with E-state index in [4.69, 9.17) is 0 Å². The van der Waals surface area contributed by atoms with Crippen LogP contribution in [-0.2, 0) is 10.8 Å². The largest absolute Gasteiger partial charge is 0.309 e. The second-order valence-electron chi connectivity index (χ2n) is 19.2. The maximum Gasteiger partial charge on any atom is 0.0540 e. The molecule has 1 nitrogen and oxygen atoms in total. The minimum absolute atomic E-state index is 0.00875. The summed E-state index contributed by atoms with van der Waals surface area (Å²) in [7, 11) is 0. The monoisotopic (exact) mass is 817 g/mol. The first-order valence-corrected chi connectivity index (χ1v) is 22.8. The molecule has 64 heavy (non-hydrogen) atoms. The number of rotatable bonds is 6. The molecule has 0 heterocycles. The average molecular weight is 818 g/mol. The van der Waals surface area contributed by atoms with Crippen molar-refractivity contribution in [1.29, 1.82) is 0 Å². The molecule has 0 fully saturated rings. The van der Waals surface area contributed by atoms with Crippen LogP contribution in [0.25, 0.3) is 65.0 Å². The lowest BCUT2D eigenvalue weighted by Gasteiger charge is -2.37. The topological polar surface area (TPSA) is 3.24 Å². The molecule has 0 unspecified atom stereocenters. The van der Waals surface area contributed by atoms with Crippen LogP contribution < -0.4 is 4.90 Å². The van der Waals surface area contributed by atoms with E-state index in [9.17, 15) is 0 Å². The van der Waals surface area contributed by atoms with E-state index in [1.807, 2.05) is 0 Å². The van der Waals surface area contributed by atoms with Gasteiger partial charge in [0.15, 0.2) is 0 Å². The summed E-state index contributed by atoms with van der Waals surface area (Å²) in [6, 6.07) is 77.8. The Kier molecular flexibility index (Phi) is 7.83. The number of fused-ring (bicyclic) bond motifs is 4. The van der Waals surface area contributed by atoms with Gasteiger partial charge >= 0.3 is 0 Å². The van der Waals surface area contributed by atoms with Gasteiger partial charge in [-0.15, -0.1) is 0 Å². The van der Waals surface area contributed by atoms with Gasteiger partial charge in [0.2, 0.25) is 0 Å². The van der Waals surface area contributed by atoms with Crippen LogP contribution in [0.3, 0.4) is 0 Å². The van der Waals surface area contributed by atoms with Crippen LogP contribution in [0, 0.1) is 0 Å². The minimum Gasteiger partial charge on any atom is -0.309 e. The third-order valence-electron chi connectivity index (χ3n) is 15.1. The van der Waals surface area contributed by atoms with Crippen LogP contribution in [-0.4, -0.2) is 0 Å². The normalized spacial score (nSPS) is 14.3. The van der Waals surface area contributed by atoms with Gasteiger partial charge in [0.1, 0.15) is 0 Å². The SMILES string of the molecule is CC1(C)c2cc(N(c3cccc4ccccc34)c3cccc4ccccc34)cc3c2-c2c1cc(C(c1cccc4ccccc14)c1cccc4ccccc14)c1cccc(c21)C3(C)C. The van der Waals surface area contributed by atoms with E-state index in [2.05, 4.69) is 239 Å². The van der Waals surface area contributed by atoms with E-state index in [1.54, 1.807) is 0 Å². The van der Waals surface area contributed by atoms with E-state index in [0.717, 1.165) is 0 Å². The Labute approximate surface area is 374 Å². The summed E-state index contributed by atoms with van der Waals surface area (Å²) in [4.78, 5) is 2.55. The zero-order valence-electron chi connectivity index (χ0n) is 36.7. The van der Waals surface area contributed by atoms with Crippen molar-refractivity contribution in [2.75, 3.05) is 4.90 Å². The maximum absolute atomic E-state index is 2.63. The van der Waals surface area contributed by atoms with Crippen molar-refractivity contribution in [1.82, 2.24) is 0 Å². The highest BCUT2D eigenvalue weighted by Crippen LogP contribution is 2.62. The Morgan fingerprint density at radius 3 is 1.25 bits per heavy atom. The third kappa shape index (κ3) is 5.13. The molecule has 0 N–H and O–H groups in total. The number of nitrogens with zero attached hydrogens (tertiary/aromatic N) is 1. The van der Waals surface area contributed by atoms with E-state index in [-0.39, 0.29) is 16.7 Å². The molecule has 0 aromatic heterocycles. The molecule has 0 amide bonds. The summed E-state index contributed by atoms with van der Waals surface area (Å²) in [6.07, 6.45) is 0. The van der Waals surface area contributed by atoms with E-state index >= 15 is 0 Å². The molecule has 11 aromatic carbocycles. The fraction of sp³-hybridized carbons (Fsp3) is 0.111. The standard InChI is InChI=1S/C63H47N/c1-62(2)52-33-17-32-50-51(58(48-30-13-22-39-18-5-9-26-44(39)48)49-31-14-23-40-19-6-10-27-45(40)49)38-55-61(59(50)52)60-53(62)36-43(37-54(60)63(55,3)4)64(56-34-15-24-41-20-7-11-28-46(41)56)57-35-16-25-42-21-8-12-29-47(42)57/h5-38,58H,1-4H3.